The van der Waals surface area contributed by atoms with Crippen LogP contribution in [0.3, 0.4) is 0 Å². The fourth-order valence-electron chi connectivity index (χ4n) is 2.78. The van der Waals surface area contributed by atoms with Crippen molar-refractivity contribution in [3.63, 3.8) is 0 Å². The summed E-state index contributed by atoms with van der Waals surface area (Å²) in [6.45, 7) is 11.0. The van der Waals surface area contributed by atoms with Crippen LogP contribution in [0.2, 0.25) is 0 Å². The van der Waals surface area contributed by atoms with Crippen molar-refractivity contribution in [2.24, 2.45) is 5.41 Å². The lowest BCUT2D eigenvalue weighted by Crippen LogP contribution is -2.28. The minimum absolute atomic E-state index is 0.464. The zero-order chi connectivity index (χ0) is 14.6. The molecule has 2 heterocycles. The minimum atomic E-state index is 0.464. The smallest absolute Gasteiger partial charge is 0.133 e. The van der Waals surface area contributed by atoms with Crippen LogP contribution >= 0.6 is 15.9 Å². The zero-order valence-corrected chi connectivity index (χ0v) is 14.5. The second-order valence-electron chi connectivity index (χ2n) is 6.42. The quantitative estimate of drug-likeness (QED) is 0.899. The van der Waals surface area contributed by atoms with Crippen molar-refractivity contribution in [3.8, 4) is 0 Å². The summed E-state index contributed by atoms with van der Waals surface area (Å²) in [5, 5.41) is 3.42. The number of aromatic nitrogens is 1. The van der Waals surface area contributed by atoms with Crippen molar-refractivity contribution < 1.29 is 0 Å². The standard InChI is InChI=1S/C16H26BrN3/c1-4-18-11-13-10-14(17)12-19-15(13)20-8-5-6-16(2,3)7-9-20/h10,12,18H,4-9,11H2,1-3H3. The molecule has 1 aromatic rings. The molecule has 112 valence electrons. The first kappa shape index (κ1) is 15.8. The molecule has 0 amide bonds. The lowest BCUT2D eigenvalue weighted by Gasteiger charge is -2.26. The molecular weight excluding hydrogens is 314 g/mol. The maximum absolute atomic E-state index is 4.68. The molecule has 2 rings (SSSR count). The fraction of sp³-hybridized carbons (Fsp3) is 0.688. The third-order valence-electron chi connectivity index (χ3n) is 4.11. The van der Waals surface area contributed by atoms with E-state index in [0.717, 1.165) is 36.5 Å². The first-order valence-corrected chi connectivity index (χ1v) is 8.41. The molecule has 20 heavy (non-hydrogen) atoms. The van der Waals surface area contributed by atoms with Crippen molar-refractivity contribution in [1.82, 2.24) is 10.3 Å². The van der Waals surface area contributed by atoms with Crippen LogP contribution in [0.5, 0.6) is 0 Å². The van der Waals surface area contributed by atoms with Crippen LogP contribution < -0.4 is 10.2 Å². The van der Waals surface area contributed by atoms with Gasteiger partial charge in [0.1, 0.15) is 5.82 Å². The van der Waals surface area contributed by atoms with E-state index in [1.807, 2.05) is 6.20 Å². The van der Waals surface area contributed by atoms with Gasteiger partial charge in [-0.3, -0.25) is 0 Å². The highest BCUT2D eigenvalue weighted by molar-refractivity contribution is 9.10. The SMILES string of the molecule is CCNCc1cc(Br)cnc1N1CCCC(C)(C)CC1. The molecular formula is C16H26BrN3. The largest absolute Gasteiger partial charge is 0.356 e. The van der Waals surface area contributed by atoms with Crippen LogP contribution in [0.25, 0.3) is 0 Å². The Morgan fingerprint density at radius 3 is 2.90 bits per heavy atom. The molecule has 1 aromatic heterocycles. The van der Waals surface area contributed by atoms with Crippen molar-refractivity contribution in [3.05, 3.63) is 22.3 Å². The Hall–Kier alpha value is -0.610. The Labute approximate surface area is 131 Å². The lowest BCUT2D eigenvalue weighted by molar-refractivity contribution is 0.325. The van der Waals surface area contributed by atoms with Crippen LogP contribution in [0.15, 0.2) is 16.7 Å². The summed E-state index contributed by atoms with van der Waals surface area (Å²) >= 11 is 3.54. The molecule has 0 atom stereocenters. The molecule has 1 saturated heterocycles. The molecule has 4 heteroatoms. The number of nitrogens with one attached hydrogen (secondary N) is 1. The maximum atomic E-state index is 4.68. The van der Waals surface area contributed by atoms with Crippen molar-refractivity contribution >= 4 is 21.7 Å². The number of anilines is 1. The molecule has 0 aliphatic carbocycles. The number of halogens is 1. The van der Waals surface area contributed by atoms with Gasteiger partial charge in [0, 0.05) is 35.9 Å². The second-order valence-corrected chi connectivity index (χ2v) is 7.34. The molecule has 1 N–H and O–H groups in total. The van der Waals surface area contributed by atoms with Gasteiger partial charge in [-0.1, -0.05) is 20.8 Å². The molecule has 0 spiro atoms. The van der Waals surface area contributed by atoms with Gasteiger partial charge in [0.15, 0.2) is 0 Å². The lowest BCUT2D eigenvalue weighted by atomic mass is 9.85. The normalized spacial score (nSPS) is 18.9. The third-order valence-corrected chi connectivity index (χ3v) is 4.55. The highest BCUT2D eigenvalue weighted by Crippen LogP contribution is 2.32. The van der Waals surface area contributed by atoms with Gasteiger partial charge in [-0.05, 0) is 53.2 Å². The Kier molecular flexibility index (Phi) is 5.44. The average Bonchev–Trinajstić information content (AvgIpc) is 2.58. The monoisotopic (exact) mass is 339 g/mol. The second kappa shape index (κ2) is 6.90. The van der Waals surface area contributed by atoms with E-state index in [4.69, 9.17) is 0 Å². The first-order valence-electron chi connectivity index (χ1n) is 7.62. The fourth-order valence-corrected chi connectivity index (χ4v) is 3.16. The summed E-state index contributed by atoms with van der Waals surface area (Å²) in [6.07, 6.45) is 5.72. The average molecular weight is 340 g/mol. The summed E-state index contributed by atoms with van der Waals surface area (Å²) in [4.78, 5) is 7.15. The van der Waals surface area contributed by atoms with Crippen LogP contribution in [0.4, 0.5) is 5.82 Å². The van der Waals surface area contributed by atoms with Gasteiger partial charge in [-0.25, -0.2) is 4.98 Å². The molecule has 0 radical (unpaired) electrons. The number of nitrogens with zero attached hydrogens (tertiary/aromatic N) is 2. The van der Waals surface area contributed by atoms with E-state index in [-0.39, 0.29) is 0 Å². The van der Waals surface area contributed by atoms with Gasteiger partial charge in [-0.15, -0.1) is 0 Å². The first-order chi connectivity index (χ1) is 9.52. The highest BCUT2D eigenvalue weighted by Gasteiger charge is 2.24. The van der Waals surface area contributed by atoms with Crippen molar-refractivity contribution in [2.45, 2.75) is 46.6 Å². The Morgan fingerprint density at radius 1 is 1.35 bits per heavy atom. The van der Waals surface area contributed by atoms with E-state index in [1.165, 1.54) is 24.8 Å². The predicted octanol–water partition coefficient (Wildman–Crippen LogP) is 3.97. The number of hydrogen-bond acceptors (Lipinski definition) is 3. The zero-order valence-electron chi connectivity index (χ0n) is 12.9. The Bertz CT molecular complexity index is 445. The Balaban J connectivity index is 2.18. The Morgan fingerprint density at radius 2 is 2.15 bits per heavy atom. The summed E-state index contributed by atoms with van der Waals surface area (Å²) in [5.74, 6) is 1.16. The van der Waals surface area contributed by atoms with E-state index in [9.17, 15) is 0 Å². The van der Waals surface area contributed by atoms with E-state index in [1.54, 1.807) is 0 Å². The van der Waals surface area contributed by atoms with Crippen molar-refractivity contribution in [1.29, 1.82) is 0 Å². The van der Waals surface area contributed by atoms with E-state index in [2.05, 4.69) is 58.0 Å². The van der Waals surface area contributed by atoms with Crippen LogP contribution in [0, 0.1) is 5.41 Å². The maximum Gasteiger partial charge on any atom is 0.133 e. The van der Waals surface area contributed by atoms with Crippen LogP contribution in [-0.2, 0) is 6.54 Å². The molecule has 1 fully saturated rings. The number of hydrogen-bond donors (Lipinski definition) is 1. The molecule has 1 aliphatic rings. The molecule has 0 bridgehead atoms. The van der Waals surface area contributed by atoms with Crippen LogP contribution in [0.1, 0.15) is 45.6 Å². The minimum Gasteiger partial charge on any atom is -0.356 e. The van der Waals surface area contributed by atoms with E-state index < -0.39 is 0 Å². The summed E-state index contributed by atoms with van der Waals surface area (Å²) in [7, 11) is 0. The molecule has 0 saturated carbocycles. The molecule has 0 unspecified atom stereocenters. The van der Waals surface area contributed by atoms with Gasteiger partial charge in [-0.2, -0.15) is 0 Å². The van der Waals surface area contributed by atoms with Crippen LogP contribution in [-0.4, -0.2) is 24.6 Å². The van der Waals surface area contributed by atoms with E-state index in [0.29, 0.717) is 5.41 Å². The van der Waals surface area contributed by atoms with Gasteiger partial charge in [0.05, 0.1) is 0 Å². The van der Waals surface area contributed by atoms with E-state index >= 15 is 0 Å². The summed E-state index contributed by atoms with van der Waals surface area (Å²) in [5.41, 5.74) is 1.76. The summed E-state index contributed by atoms with van der Waals surface area (Å²) < 4.78 is 1.06. The van der Waals surface area contributed by atoms with Gasteiger partial charge in [0.25, 0.3) is 0 Å². The topological polar surface area (TPSA) is 28.2 Å². The highest BCUT2D eigenvalue weighted by atomic mass is 79.9. The predicted molar refractivity (Wildman–Crippen MR) is 89.2 cm³/mol. The van der Waals surface area contributed by atoms with Gasteiger partial charge >= 0.3 is 0 Å². The van der Waals surface area contributed by atoms with Gasteiger partial charge < -0.3 is 10.2 Å². The van der Waals surface area contributed by atoms with Gasteiger partial charge in [0.2, 0.25) is 0 Å². The molecule has 3 nitrogen and oxygen atoms in total. The molecule has 0 aromatic carbocycles. The summed E-state index contributed by atoms with van der Waals surface area (Å²) in [6, 6.07) is 2.20. The number of rotatable bonds is 4. The number of pyridine rings is 1. The molecule has 1 aliphatic heterocycles. The third kappa shape index (κ3) is 4.19. The van der Waals surface area contributed by atoms with Crippen molar-refractivity contribution in [2.75, 3.05) is 24.5 Å².